The highest BCUT2D eigenvalue weighted by atomic mass is 35.6. The zero-order chi connectivity index (χ0) is 18.2. The molecule has 0 saturated carbocycles. The summed E-state index contributed by atoms with van der Waals surface area (Å²) < 4.78 is -3.80. The molecule has 0 aliphatic rings. The molecule has 0 atom stereocenters. The van der Waals surface area contributed by atoms with E-state index in [2.05, 4.69) is 20.3 Å². The lowest BCUT2D eigenvalue weighted by Gasteiger charge is -2.16. The van der Waals surface area contributed by atoms with Gasteiger partial charge in [0, 0.05) is 11.1 Å². The standard InChI is InChI=1S/C15H8Cl6N4/c16-14(17,18)11-23-12(15(19,20)21)25-13(24-11)22-10-7-3-5-8-4-1-2-6-9(8)10/h1-7H,(H,22,23,24,25). The van der Waals surface area contributed by atoms with Crippen LogP contribution in [0.4, 0.5) is 11.6 Å². The van der Waals surface area contributed by atoms with Crippen LogP contribution in [0.25, 0.3) is 10.8 Å². The predicted octanol–water partition coefficient (Wildman–Crippen LogP) is 6.42. The zero-order valence-electron chi connectivity index (χ0n) is 12.2. The fourth-order valence-corrected chi connectivity index (χ4v) is 2.65. The minimum absolute atomic E-state index is 0.0917. The van der Waals surface area contributed by atoms with E-state index in [0.29, 0.717) is 0 Å². The molecule has 0 radical (unpaired) electrons. The van der Waals surface area contributed by atoms with E-state index in [0.717, 1.165) is 16.5 Å². The quantitative estimate of drug-likeness (QED) is 0.452. The van der Waals surface area contributed by atoms with Gasteiger partial charge < -0.3 is 5.32 Å². The summed E-state index contributed by atoms with van der Waals surface area (Å²) in [5, 5.41) is 5.04. The number of benzene rings is 2. The third-order valence-corrected chi connectivity index (χ3v) is 4.19. The van der Waals surface area contributed by atoms with Crippen LogP contribution in [-0.2, 0) is 7.59 Å². The normalized spacial score (nSPS) is 12.4. The van der Waals surface area contributed by atoms with Gasteiger partial charge in [0.2, 0.25) is 13.5 Å². The van der Waals surface area contributed by atoms with Gasteiger partial charge in [0.15, 0.2) is 11.6 Å². The minimum atomic E-state index is -1.90. The molecular weight excluding hydrogens is 449 g/mol. The first kappa shape index (κ1) is 19.0. The fraction of sp³-hybridized carbons (Fsp3) is 0.133. The number of nitrogens with zero attached hydrogens (tertiary/aromatic N) is 3. The Balaban J connectivity index is 2.10. The van der Waals surface area contributed by atoms with Crippen LogP contribution in [0.1, 0.15) is 11.6 Å². The summed E-state index contributed by atoms with van der Waals surface area (Å²) in [6.45, 7) is 0. The van der Waals surface area contributed by atoms with Crippen molar-refractivity contribution in [2.45, 2.75) is 7.59 Å². The van der Waals surface area contributed by atoms with Gasteiger partial charge in [-0.2, -0.15) is 9.97 Å². The van der Waals surface area contributed by atoms with E-state index in [9.17, 15) is 0 Å². The number of anilines is 2. The third-order valence-electron chi connectivity index (χ3n) is 3.18. The van der Waals surface area contributed by atoms with Crippen molar-refractivity contribution in [3.05, 3.63) is 54.1 Å². The van der Waals surface area contributed by atoms with E-state index in [-0.39, 0.29) is 17.6 Å². The van der Waals surface area contributed by atoms with Crippen LogP contribution in [0.5, 0.6) is 0 Å². The SMILES string of the molecule is ClC(Cl)(Cl)c1nc(Nc2cccc3ccccc23)nc(C(Cl)(Cl)Cl)n1. The second-order valence-corrected chi connectivity index (χ2v) is 9.52. The van der Waals surface area contributed by atoms with Crippen molar-refractivity contribution < 1.29 is 0 Å². The molecule has 10 heteroatoms. The highest BCUT2D eigenvalue weighted by molar-refractivity contribution is 6.67. The number of nitrogens with one attached hydrogen (secondary N) is 1. The smallest absolute Gasteiger partial charge is 0.250 e. The van der Waals surface area contributed by atoms with Gasteiger partial charge in [-0.1, -0.05) is 106 Å². The number of halogens is 6. The van der Waals surface area contributed by atoms with Crippen molar-refractivity contribution in [1.29, 1.82) is 0 Å². The van der Waals surface area contributed by atoms with Crippen molar-refractivity contribution >= 4 is 92.0 Å². The van der Waals surface area contributed by atoms with Crippen LogP contribution in [0.2, 0.25) is 0 Å². The van der Waals surface area contributed by atoms with Gasteiger partial charge in [0.1, 0.15) is 0 Å². The first-order valence-corrected chi connectivity index (χ1v) is 9.06. The van der Waals surface area contributed by atoms with Crippen LogP contribution < -0.4 is 5.32 Å². The maximum Gasteiger partial charge on any atom is 0.250 e. The van der Waals surface area contributed by atoms with Crippen molar-refractivity contribution in [3.63, 3.8) is 0 Å². The van der Waals surface area contributed by atoms with Gasteiger partial charge in [0.25, 0.3) is 0 Å². The average Bonchev–Trinajstić information content (AvgIpc) is 2.53. The molecule has 1 heterocycles. The Kier molecular flexibility index (Phi) is 5.41. The van der Waals surface area contributed by atoms with E-state index in [1.54, 1.807) is 0 Å². The molecule has 0 unspecified atom stereocenters. The summed E-state index contributed by atoms with van der Waals surface area (Å²) in [5.41, 5.74) is 0.745. The maximum absolute atomic E-state index is 5.87. The lowest BCUT2D eigenvalue weighted by molar-refractivity contribution is 0.852. The van der Waals surface area contributed by atoms with Crippen LogP contribution in [0.15, 0.2) is 42.5 Å². The summed E-state index contributed by atoms with van der Waals surface area (Å²) >= 11 is 35.2. The van der Waals surface area contributed by atoms with Crippen LogP contribution in [-0.4, -0.2) is 15.0 Å². The Morgan fingerprint density at radius 3 is 1.84 bits per heavy atom. The monoisotopic (exact) mass is 454 g/mol. The lowest BCUT2D eigenvalue weighted by atomic mass is 10.1. The van der Waals surface area contributed by atoms with E-state index < -0.39 is 7.59 Å². The van der Waals surface area contributed by atoms with Crippen LogP contribution in [0.3, 0.4) is 0 Å². The molecule has 1 aromatic heterocycles. The van der Waals surface area contributed by atoms with E-state index in [1.807, 2.05) is 42.5 Å². The number of hydrogen-bond acceptors (Lipinski definition) is 4. The molecule has 0 amide bonds. The molecule has 4 nitrogen and oxygen atoms in total. The predicted molar refractivity (Wildman–Crippen MR) is 106 cm³/mol. The summed E-state index contributed by atoms with van der Waals surface area (Å²) in [7, 11) is 0. The molecule has 0 aliphatic carbocycles. The molecule has 3 aromatic rings. The highest BCUT2D eigenvalue weighted by Gasteiger charge is 2.33. The number of fused-ring (bicyclic) bond motifs is 1. The Labute approximate surface area is 173 Å². The van der Waals surface area contributed by atoms with E-state index in [4.69, 9.17) is 69.6 Å². The molecule has 25 heavy (non-hydrogen) atoms. The van der Waals surface area contributed by atoms with Crippen molar-refractivity contribution in [1.82, 2.24) is 15.0 Å². The van der Waals surface area contributed by atoms with Crippen LogP contribution >= 0.6 is 69.6 Å². The largest absolute Gasteiger partial charge is 0.323 e. The van der Waals surface area contributed by atoms with Gasteiger partial charge >= 0.3 is 0 Å². The van der Waals surface area contributed by atoms with Gasteiger partial charge in [-0.15, -0.1) is 0 Å². The Morgan fingerprint density at radius 2 is 1.24 bits per heavy atom. The molecular formula is C15H8Cl6N4. The summed E-state index contributed by atoms with van der Waals surface area (Å²) in [4.78, 5) is 12.2. The zero-order valence-corrected chi connectivity index (χ0v) is 16.7. The Morgan fingerprint density at radius 1 is 0.680 bits per heavy atom. The Hall–Kier alpha value is -0.750. The molecule has 2 aromatic carbocycles. The molecule has 0 fully saturated rings. The molecule has 0 bridgehead atoms. The van der Waals surface area contributed by atoms with Gasteiger partial charge in [0.05, 0.1) is 0 Å². The molecule has 0 spiro atoms. The highest BCUT2D eigenvalue weighted by Crippen LogP contribution is 2.40. The van der Waals surface area contributed by atoms with Crippen molar-refractivity contribution in [2.75, 3.05) is 5.32 Å². The number of rotatable bonds is 2. The van der Waals surface area contributed by atoms with Gasteiger partial charge in [-0.05, 0) is 11.5 Å². The molecule has 3 rings (SSSR count). The topological polar surface area (TPSA) is 50.7 Å². The van der Waals surface area contributed by atoms with Gasteiger partial charge in [-0.25, -0.2) is 4.98 Å². The van der Waals surface area contributed by atoms with Gasteiger partial charge in [-0.3, -0.25) is 0 Å². The Bertz CT molecular complexity index is 882. The van der Waals surface area contributed by atoms with E-state index >= 15 is 0 Å². The summed E-state index contributed by atoms with van der Waals surface area (Å²) in [6, 6.07) is 13.5. The maximum atomic E-state index is 5.87. The first-order valence-electron chi connectivity index (χ1n) is 6.80. The number of hydrogen-bond donors (Lipinski definition) is 1. The number of aromatic nitrogens is 3. The molecule has 1 N–H and O–H groups in total. The summed E-state index contributed by atoms with van der Waals surface area (Å²) in [5.74, 6) is -0.220. The second kappa shape index (κ2) is 7.10. The van der Waals surface area contributed by atoms with Crippen LogP contribution in [0, 0.1) is 0 Å². The first-order chi connectivity index (χ1) is 11.6. The summed E-state index contributed by atoms with van der Waals surface area (Å²) in [6.07, 6.45) is 0. The van der Waals surface area contributed by atoms with Crippen molar-refractivity contribution in [3.8, 4) is 0 Å². The minimum Gasteiger partial charge on any atom is -0.323 e. The van der Waals surface area contributed by atoms with E-state index in [1.165, 1.54) is 0 Å². The third kappa shape index (κ3) is 4.51. The number of alkyl halides is 6. The molecule has 0 saturated heterocycles. The fourth-order valence-electron chi connectivity index (χ4n) is 2.14. The van der Waals surface area contributed by atoms with Crippen molar-refractivity contribution in [2.24, 2.45) is 0 Å². The lowest BCUT2D eigenvalue weighted by Crippen LogP contribution is -2.17. The average molecular weight is 457 g/mol. The second-order valence-electron chi connectivity index (χ2n) is 4.95. The molecule has 130 valence electrons. The molecule has 0 aliphatic heterocycles.